The molecule has 0 aromatic rings. The summed E-state index contributed by atoms with van der Waals surface area (Å²) in [6.07, 6.45) is 5.49. The minimum atomic E-state index is -0.320. The van der Waals surface area contributed by atoms with Gasteiger partial charge in [-0.1, -0.05) is 19.3 Å². The topological polar surface area (TPSA) is 69.7 Å². The fourth-order valence-corrected chi connectivity index (χ4v) is 3.21. The molecule has 4 amide bonds. The number of likely N-dealkylation sites (tertiary alicyclic amines) is 1. The molecule has 2 heterocycles. The van der Waals surface area contributed by atoms with Crippen molar-refractivity contribution in [3.05, 3.63) is 0 Å². The molecule has 1 N–H and O–H groups in total. The standard InChI is InChI=1S/C13H19N3O3/c17-11-6-14-13(19)16(11)10-7-15(8-10)12(18)9-4-2-1-3-5-9/h9-10H,1-8H2,(H,14,19). The van der Waals surface area contributed by atoms with E-state index in [9.17, 15) is 14.4 Å². The first kappa shape index (κ1) is 12.4. The molecule has 3 rings (SSSR count). The average Bonchev–Trinajstić information content (AvgIpc) is 2.70. The summed E-state index contributed by atoms with van der Waals surface area (Å²) >= 11 is 0. The number of carbonyl (C=O) groups excluding carboxylic acids is 3. The van der Waals surface area contributed by atoms with Crippen molar-refractivity contribution in [2.75, 3.05) is 19.6 Å². The number of nitrogens with zero attached hydrogens (tertiary/aromatic N) is 2. The van der Waals surface area contributed by atoms with Crippen molar-refractivity contribution in [3.8, 4) is 0 Å². The first-order valence-electron chi connectivity index (χ1n) is 7.05. The largest absolute Gasteiger partial charge is 0.338 e. The second-order valence-electron chi connectivity index (χ2n) is 5.65. The van der Waals surface area contributed by atoms with Crippen LogP contribution in [0.3, 0.4) is 0 Å². The molecule has 104 valence electrons. The van der Waals surface area contributed by atoms with E-state index in [0.29, 0.717) is 13.1 Å². The van der Waals surface area contributed by atoms with Crippen molar-refractivity contribution in [3.63, 3.8) is 0 Å². The zero-order valence-corrected chi connectivity index (χ0v) is 10.9. The molecule has 6 nitrogen and oxygen atoms in total. The minimum Gasteiger partial charge on any atom is -0.338 e. The van der Waals surface area contributed by atoms with E-state index in [1.165, 1.54) is 11.3 Å². The van der Waals surface area contributed by atoms with Crippen LogP contribution in [0.4, 0.5) is 4.79 Å². The van der Waals surface area contributed by atoms with Crippen LogP contribution in [0.1, 0.15) is 32.1 Å². The van der Waals surface area contributed by atoms with Crippen molar-refractivity contribution in [1.29, 1.82) is 0 Å². The third kappa shape index (κ3) is 2.19. The van der Waals surface area contributed by atoms with Crippen molar-refractivity contribution in [2.45, 2.75) is 38.1 Å². The second-order valence-corrected chi connectivity index (χ2v) is 5.65. The van der Waals surface area contributed by atoms with Crippen molar-refractivity contribution >= 4 is 17.8 Å². The highest BCUT2D eigenvalue weighted by Crippen LogP contribution is 2.28. The van der Waals surface area contributed by atoms with E-state index in [1.807, 2.05) is 0 Å². The number of imide groups is 1. The summed E-state index contributed by atoms with van der Waals surface area (Å²) in [5.41, 5.74) is 0. The number of hydrogen-bond acceptors (Lipinski definition) is 3. The lowest BCUT2D eigenvalue weighted by Gasteiger charge is -2.44. The highest BCUT2D eigenvalue weighted by molar-refractivity contribution is 6.02. The monoisotopic (exact) mass is 265 g/mol. The molecule has 1 saturated carbocycles. The lowest BCUT2D eigenvalue weighted by molar-refractivity contribution is -0.146. The van der Waals surface area contributed by atoms with Gasteiger partial charge in [0.2, 0.25) is 11.8 Å². The Morgan fingerprint density at radius 3 is 2.37 bits per heavy atom. The Bertz CT molecular complexity index is 395. The maximum Gasteiger partial charge on any atom is 0.324 e. The minimum absolute atomic E-state index is 0.0892. The number of hydrogen-bond donors (Lipinski definition) is 1. The third-order valence-electron chi connectivity index (χ3n) is 4.37. The van der Waals surface area contributed by atoms with Crippen LogP contribution in [0.5, 0.6) is 0 Å². The Morgan fingerprint density at radius 2 is 1.79 bits per heavy atom. The average molecular weight is 265 g/mol. The summed E-state index contributed by atoms with van der Waals surface area (Å²) in [5, 5.41) is 2.51. The van der Waals surface area contributed by atoms with E-state index >= 15 is 0 Å². The fraction of sp³-hybridized carbons (Fsp3) is 0.769. The smallest absolute Gasteiger partial charge is 0.324 e. The van der Waals surface area contributed by atoms with Crippen LogP contribution in [0.2, 0.25) is 0 Å². The molecule has 0 radical (unpaired) electrons. The van der Waals surface area contributed by atoms with Crippen LogP contribution < -0.4 is 5.32 Å². The maximum absolute atomic E-state index is 12.2. The number of amides is 4. The van der Waals surface area contributed by atoms with E-state index in [0.717, 1.165) is 25.7 Å². The lowest BCUT2D eigenvalue weighted by Crippen LogP contribution is -2.63. The fourth-order valence-electron chi connectivity index (χ4n) is 3.21. The summed E-state index contributed by atoms with van der Waals surface area (Å²) in [4.78, 5) is 38.3. The third-order valence-corrected chi connectivity index (χ3v) is 4.37. The SMILES string of the molecule is O=C(C1CCCCC1)N1CC(N2C(=O)CNC2=O)C1. The molecule has 0 unspecified atom stereocenters. The Kier molecular flexibility index (Phi) is 3.16. The normalized spacial score (nSPS) is 25.5. The van der Waals surface area contributed by atoms with E-state index < -0.39 is 0 Å². The quantitative estimate of drug-likeness (QED) is 0.731. The number of carbonyl (C=O) groups is 3. The zero-order chi connectivity index (χ0) is 13.4. The van der Waals surface area contributed by atoms with Gasteiger partial charge in [0.25, 0.3) is 0 Å². The molecule has 3 aliphatic rings. The summed E-state index contributed by atoms with van der Waals surface area (Å²) in [5.74, 6) is 0.195. The summed E-state index contributed by atoms with van der Waals surface area (Å²) in [6, 6.07) is -0.442. The Balaban J connectivity index is 1.53. The highest BCUT2D eigenvalue weighted by Gasteiger charge is 2.43. The van der Waals surface area contributed by atoms with E-state index in [-0.39, 0.29) is 36.3 Å². The molecule has 1 aliphatic carbocycles. The van der Waals surface area contributed by atoms with Crippen molar-refractivity contribution in [1.82, 2.24) is 15.1 Å². The number of urea groups is 1. The first-order chi connectivity index (χ1) is 9.16. The number of rotatable bonds is 2. The van der Waals surface area contributed by atoms with Gasteiger partial charge >= 0.3 is 6.03 Å². The highest BCUT2D eigenvalue weighted by atomic mass is 16.2. The van der Waals surface area contributed by atoms with Crippen LogP contribution in [0.25, 0.3) is 0 Å². The van der Waals surface area contributed by atoms with Gasteiger partial charge in [0.1, 0.15) is 0 Å². The summed E-state index contributed by atoms with van der Waals surface area (Å²) in [6.45, 7) is 1.11. The van der Waals surface area contributed by atoms with Crippen LogP contribution in [-0.4, -0.2) is 53.3 Å². The van der Waals surface area contributed by atoms with Gasteiger partial charge in [0.15, 0.2) is 0 Å². The van der Waals surface area contributed by atoms with Gasteiger partial charge in [0, 0.05) is 19.0 Å². The van der Waals surface area contributed by atoms with Gasteiger partial charge in [-0.15, -0.1) is 0 Å². The molecular formula is C13H19N3O3. The molecule has 6 heteroatoms. The van der Waals surface area contributed by atoms with E-state index in [2.05, 4.69) is 5.32 Å². The molecule has 0 bridgehead atoms. The van der Waals surface area contributed by atoms with Crippen LogP contribution in [0, 0.1) is 5.92 Å². The van der Waals surface area contributed by atoms with Crippen molar-refractivity contribution in [2.24, 2.45) is 5.92 Å². The van der Waals surface area contributed by atoms with Crippen LogP contribution in [0.15, 0.2) is 0 Å². The Labute approximate surface area is 112 Å². The molecule has 0 aromatic heterocycles. The number of nitrogens with one attached hydrogen (secondary N) is 1. The van der Waals surface area contributed by atoms with E-state index in [4.69, 9.17) is 0 Å². The molecule has 2 aliphatic heterocycles. The molecule has 2 saturated heterocycles. The predicted molar refractivity (Wildman–Crippen MR) is 67.2 cm³/mol. The summed E-state index contributed by atoms with van der Waals surface area (Å²) < 4.78 is 0. The zero-order valence-electron chi connectivity index (χ0n) is 10.9. The molecule has 0 spiro atoms. The Hall–Kier alpha value is -1.59. The van der Waals surface area contributed by atoms with Gasteiger partial charge in [-0.2, -0.15) is 0 Å². The second kappa shape index (κ2) is 4.83. The lowest BCUT2D eigenvalue weighted by atomic mass is 9.87. The molecule has 19 heavy (non-hydrogen) atoms. The predicted octanol–water partition coefficient (Wildman–Crippen LogP) is 0.329. The molecule has 0 aromatic carbocycles. The van der Waals surface area contributed by atoms with Gasteiger partial charge in [-0.05, 0) is 12.8 Å². The van der Waals surface area contributed by atoms with Crippen LogP contribution >= 0.6 is 0 Å². The van der Waals surface area contributed by atoms with Crippen molar-refractivity contribution < 1.29 is 14.4 Å². The molecular weight excluding hydrogens is 246 g/mol. The van der Waals surface area contributed by atoms with Crippen LogP contribution in [-0.2, 0) is 9.59 Å². The van der Waals surface area contributed by atoms with E-state index in [1.54, 1.807) is 4.90 Å². The molecule has 0 atom stereocenters. The maximum atomic E-state index is 12.2. The first-order valence-corrected chi connectivity index (χ1v) is 7.05. The van der Waals surface area contributed by atoms with Gasteiger partial charge in [-0.25, -0.2) is 4.79 Å². The van der Waals surface area contributed by atoms with Gasteiger partial charge < -0.3 is 10.2 Å². The molecule has 3 fully saturated rings. The van der Waals surface area contributed by atoms with Gasteiger partial charge in [0.05, 0.1) is 12.6 Å². The Morgan fingerprint density at radius 1 is 1.11 bits per heavy atom. The summed E-state index contributed by atoms with van der Waals surface area (Å²) in [7, 11) is 0. The van der Waals surface area contributed by atoms with Gasteiger partial charge in [-0.3, -0.25) is 14.5 Å².